The third-order valence-corrected chi connectivity index (χ3v) is 28.1. The predicted octanol–water partition coefficient (Wildman–Crippen LogP) is 18.5. The molecule has 0 amide bonds. The van der Waals surface area contributed by atoms with E-state index in [0.29, 0.717) is 5.56 Å². The molecule has 5 aliphatic rings. The van der Waals surface area contributed by atoms with Crippen LogP contribution in [-0.2, 0) is 46.0 Å². The molecule has 0 unspecified atom stereocenters. The summed E-state index contributed by atoms with van der Waals surface area (Å²) in [5.74, 6) is -1.44. The SMILES string of the molecule is O=C(OCCOCCOC(=O)C1(C(=O)OCc2ccccc2)C23c4c5c6c7c8c9c(c%10c%11c2c2c4c4c%12c5c5c6c6c8c8c%13c9c9c%10c%10c%11c%11c2c2c4c4c%12c%12c5c5c6c8c6c8c%13c9c9c%10c%10c%11c2c2c4c4c%12c5c6c5c8c9c%10c2c45)C713)c1ccccc1. The molecule has 7 heteroatoms. The van der Waals surface area contributed by atoms with Gasteiger partial charge in [0.1, 0.15) is 19.8 Å². The Morgan fingerprint density at radius 3 is 0.750 bits per heavy atom. The molecule has 30 aromatic carbocycles. The minimum atomic E-state index is -1.88. The van der Waals surface area contributed by atoms with Gasteiger partial charge in [0, 0.05) is 0 Å². The van der Waals surface area contributed by atoms with Gasteiger partial charge in [0.2, 0.25) is 0 Å². The highest BCUT2D eigenvalue weighted by Gasteiger charge is 3.01. The molecule has 0 saturated heterocycles. The number of benzene rings is 20. The molecular weight excluding hydrogens is 1080 g/mol. The average Bonchev–Trinajstić information content (AvgIpc) is 1.35. The highest BCUT2D eigenvalue weighted by molar-refractivity contribution is 6.82. The zero-order chi connectivity index (χ0) is 54.3. The Balaban J connectivity index is 0.831. The van der Waals surface area contributed by atoms with E-state index in [0.717, 1.165) is 5.56 Å². The van der Waals surface area contributed by atoms with Crippen molar-refractivity contribution in [3.05, 3.63) is 94.0 Å². The molecule has 30 aromatic rings. The van der Waals surface area contributed by atoms with Crippen molar-refractivity contribution in [2.45, 2.75) is 17.4 Å². The first-order chi connectivity index (χ1) is 43.6. The third-order valence-electron chi connectivity index (χ3n) is 28.1. The van der Waals surface area contributed by atoms with Gasteiger partial charge in [-0.2, -0.15) is 0 Å². The smallest absolute Gasteiger partial charge is 0.338 e. The molecule has 1 saturated carbocycles. The van der Waals surface area contributed by atoms with Gasteiger partial charge in [0.15, 0.2) is 5.41 Å². The van der Waals surface area contributed by atoms with Gasteiger partial charge >= 0.3 is 17.9 Å². The maximum absolute atomic E-state index is 17.6. The second kappa shape index (κ2) is 9.32. The van der Waals surface area contributed by atoms with Crippen LogP contribution in [0.1, 0.15) is 38.2 Å². The fourth-order valence-corrected chi connectivity index (χ4v) is 27.3. The first kappa shape index (κ1) is 37.0. The Morgan fingerprint density at radius 2 is 0.477 bits per heavy atom. The van der Waals surface area contributed by atoms with Gasteiger partial charge in [-0.25, -0.2) is 4.79 Å². The summed E-state index contributed by atoms with van der Waals surface area (Å²) < 4.78 is 26.0. The molecule has 0 radical (unpaired) electrons. The molecule has 2 spiro atoms. The van der Waals surface area contributed by atoms with Crippen molar-refractivity contribution in [2.24, 2.45) is 5.41 Å². The lowest BCUT2D eigenvalue weighted by molar-refractivity contribution is -0.168. The van der Waals surface area contributed by atoms with Crippen molar-refractivity contribution in [1.29, 1.82) is 0 Å². The number of carbonyl (C=O) groups is 3. The Labute approximate surface area is 482 Å². The van der Waals surface area contributed by atoms with Crippen LogP contribution in [0.4, 0.5) is 0 Å². The largest absolute Gasteiger partial charge is 0.462 e. The van der Waals surface area contributed by atoms with Gasteiger partial charge in [-0.1, -0.05) is 48.5 Å². The fraction of sp³-hybridized carbons (Fsp3) is 0.0988. The summed E-state index contributed by atoms with van der Waals surface area (Å²) in [7, 11) is 0. The Morgan fingerprint density at radius 1 is 0.250 bits per heavy atom. The summed E-state index contributed by atoms with van der Waals surface area (Å²) >= 11 is 0. The van der Waals surface area contributed by atoms with Gasteiger partial charge in [-0.05, 0) is 331 Å². The van der Waals surface area contributed by atoms with Crippen LogP contribution in [0.15, 0.2) is 60.7 Å². The summed E-state index contributed by atoms with van der Waals surface area (Å²) in [4.78, 5) is 48.1. The molecular formula is C81H20O7. The van der Waals surface area contributed by atoms with Crippen LogP contribution in [0.5, 0.6) is 0 Å². The number of rotatable bonds is 11. The van der Waals surface area contributed by atoms with E-state index >= 15 is 9.59 Å². The van der Waals surface area contributed by atoms with E-state index in [1.807, 2.05) is 48.5 Å². The number of carbonyl (C=O) groups excluding carboxylic acids is 3. The van der Waals surface area contributed by atoms with Crippen LogP contribution in [0.3, 0.4) is 0 Å². The van der Waals surface area contributed by atoms with Crippen LogP contribution < -0.4 is 0 Å². The van der Waals surface area contributed by atoms with E-state index < -0.39 is 34.2 Å². The van der Waals surface area contributed by atoms with E-state index in [4.69, 9.17) is 18.9 Å². The van der Waals surface area contributed by atoms with Gasteiger partial charge < -0.3 is 18.9 Å². The first-order valence-corrected chi connectivity index (χ1v) is 31.6. The third kappa shape index (κ3) is 2.30. The molecule has 1 fully saturated rings. The number of ether oxygens (including phenoxy) is 4. The van der Waals surface area contributed by atoms with Gasteiger partial charge in [0.05, 0.1) is 29.6 Å². The molecule has 0 atom stereocenters. The lowest BCUT2D eigenvalue weighted by Crippen LogP contribution is -2.39. The molecule has 0 bridgehead atoms. The lowest BCUT2D eigenvalue weighted by Gasteiger charge is -2.32. The van der Waals surface area contributed by atoms with Crippen LogP contribution in [0.25, 0.3) is 291 Å². The summed E-state index contributed by atoms with van der Waals surface area (Å²) in [6.07, 6.45) is 0. The van der Waals surface area contributed by atoms with E-state index in [2.05, 4.69) is 0 Å². The maximum atomic E-state index is 17.6. The summed E-state index contributed by atoms with van der Waals surface area (Å²) in [5, 5.41) is 77.6. The van der Waals surface area contributed by atoms with Crippen LogP contribution in [-0.4, -0.2) is 44.3 Å². The molecule has 0 aromatic heterocycles. The Kier molecular flexibility index (Phi) is 3.92. The minimum absolute atomic E-state index is 0.0185. The molecule has 0 N–H and O–H groups in total. The summed E-state index contributed by atoms with van der Waals surface area (Å²) in [6, 6.07) is 19.0. The summed E-state index contributed by atoms with van der Waals surface area (Å²) in [5.41, 5.74) is 1.83. The van der Waals surface area contributed by atoms with Crippen molar-refractivity contribution in [2.75, 3.05) is 26.4 Å². The van der Waals surface area contributed by atoms with E-state index in [1.165, 1.54) is 302 Å². The fourth-order valence-electron chi connectivity index (χ4n) is 27.3. The van der Waals surface area contributed by atoms with Crippen molar-refractivity contribution in [3.63, 3.8) is 0 Å². The van der Waals surface area contributed by atoms with Gasteiger partial charge in [0.25, 0.3) is 0 Å². The second-order valence-corrected chi connectivity index (χ2v) is 29.3. The topological polar surface area (TPSA) is 88.1 Å². The number of hydrogen-bond acceptors (Lipinski definition) is 7. The van der Waals surface area contributed by atoms with Crippen LogP contribution >= 0.6 is 0 Å². The van der Waals surface area contributed by atoms with Crippen molar-refractivity contribution in [1.82, 2.24) is 0 Å². The van der Waals surface area contributed by atoms with E-state index in [9.17, 15) is 4.79 Å². The quantitative estimate of drug-likeness (QED) is 0.0419. The molecule has 7 nitrogen and oxygen atoms in total. The molecule has 0 aliphatic heterocycles. The molecule has 88 heavy (non-hydrogen) atoms. The monoisotopic (exact) mass is 1100 g/mol. The zero-order valence-electron chi connectivity index (χ0n) is 45.2. The summed E-state index contributed by atoms with van der Waals surface area (Å²) in [6.45, 7) is 0.146. The van der Waals surface area contributed by atoms with Crippen molar-refractivity contribution in [3.8, 4) is 0 Å². The molecule has 35 rings (SSSR count). The highest BCUT2D eigenvalue weighted by atomic mass is 16.6. The molecule has 5 aliphatic carbocycles. The van der Waals surface area contributed by atoms with Gasteiger partial charge in [-0.15, -0.1) is 0 Å². The van der Waals surface area contributed by atoms with E-state index in [-0.39, 0.29) is 33.0 Å². The zero-order valence-corrected chi connectivity index (χ0v) is 45.2. The maximum Gasteiger partial charge on any atom is 0.338 e. The predicted molar refractivity (Wildman–Crippen MR) is 351 cm³/mol. The Bertz CT molecular complexity index is 7690. The highest BCUT2D eigenvalue weighted by Crippen LogP contribution is 2.96. The normalized spacial score (nSPS) is 21.5. The Hall–Kier alpha value is -10.7. The van der Waals surface area contributed by atoms with Crippen LogP contribution in [0, 0.1) is 5.41 Å². The average molecular weight is 1110 g/mol. The lowest BCUT2D eigenvalue weighted by atomic mass is 9.68. The standard InChI is InChI=1S/C81H20O7/c82-76(17-9-5-2-6-10-17)86-13-11-85-12-14-87-77(83)81(78(84)88-15-16-7-3-1-4-8-16)79-72-64-56-46-36-28-20-18-19-22-26-24(20)32-40-34(26)44-38-30(22)31-23(19)27-25-21(18)29(28)37-43-33(25)41-35(27)45-39(31)49-48(38)58-52(44)62-54(40)60(50(56)42(32)36)68(72)70(62)74-66(58)67-59(49)53(45)63-55(41)61-51(43)57(47(37)46)65(64)73(79)69(61)71(63)75(67)80(74,79)81/h1-10H,11-15H2. The first-order valence-electron chi connectivity index (χ1n) is 31.6. The number of hydrogen-bond donors (Lipinski definition) is 0. The van der Waals surface area contributed by atoms with Crippen molar-refractivity contribution < 1.29 is 33.3 Å². The minimum Gasteiger partial charge on any atom is -0.462 e. The van der Waals surface area contributed by atoms with Gasteiger partial charge in [-0.3, -0.25) is 9.59 Å². The van der Waals surface area contributed by atoms with Crippen LogP contribution in [0.2, 0.25) is 0 Å². The second-order valence-electron chi connectivity index (χ2n) is 29.3. The molecule has 0 heterocycles. The molecule has 386 valence electrons. The number of esters is 3. The van der Waals surface area contributed by atoms with E-state index in [1.54, 1.807) is 22.9 Å². The van der Waals surface area contributed by atoms with Crippen molar-refractivity contribution >= 4 is 309 Å².